The van der Waals surface area contributed by atoms with Gasteiger partial charge in [0.2, 0.25) is 5.91 Å². The zero-order chi connectivity index (χ0) is 17.9. The number of ether oxygens (including phenoxy) is 1. The standard InChI is InChI=1S/C16H14ClFN2O4/c1-9-8-11(4-6-13(9)20(22)23)24-16-12(17)5-2-10(15(16)18)3-7-14(19)21/h2,4-6,8H,3,7H2,1H3,(H2,19,21). The Labute approximate surface area is 142 Å². The summed E-state index contributed by atoms with van der Waals surface area (Å²) in [4.78, 5) is 21.1. The van der Waals surface area contributed by atoms with Crippen molar-refractivity contribution in [3.05, 3.63) is 62.4 Å². The van der Waals surface area contributed by atoms with Crippen LogP contribution in [0.25, 0.3) is 0 Å². The van der Waals surface area contributed by atoms with Crippen LogP contribution in [0.5, 0.6) is 11.5 Å². The zero-order valence-electron chi connectivity index (χ0n) is 12.7. The first-order chi connectivity index (χ1) is 11.3. The lowest BCUT2D eigenvalue weighted by Crippen LogP contribution is -2.11. The molecule has 0 radical (unpaired) electrons. The second-order valence-electron chi connectivity index (χ2n) is 5.12. The van der Waals surface area contributed by atoms with Crippen LogP contribution in [0.4, 0.5) is 10.1 Å². The molecule has 0 aliphatic heterocycles. The molecule has 1 amide bonds. The zero-order valence-corrected chi connectivity index (χ0v) is 13.5. The fourth-order valence-electron chi connectivity index (χ4n) is 2.13. The number of carbonyl (C=O) groups is 1. The van der Waals surface area contributed by atoms with Gasteiger partial charge in [-0.25, -0.2) is 4.39 Å². The Morgan fingerprint density at radius 2 is 2.08 bits per heavy atom. The molecule has 2 aromatic carbocycles. The van der Waals surface area contributed by atoms with Crippen LogP contribution in [0.1, 0.15) is 17.5 Å². The fourth-order valence-corrected chi connectivity index (χ4v) is 2.32. The van der Waals surface area contributed by atoms with Crippen LogP contribution in [0.15, 0.2) is 30.3 Å². The van der Waals surface area contributed by atoms with E-state index in [1.807, 2.05) is 0 Å². The molecule has 2 N–H and O–H groups in total. The van der Waals surface area contributed by atoms with Gasteiger partial charge in [-0.3, -0.25) is 14.9 Å². The van der Waals surface area contributed by atoms with Crippen molar-refractivity contribution in [3.63, 3.8) is 0 Å². The molecule has 24 heavy (non-hydrogen) atoms. The number of amides is 1. The number of nitrogens with two attached hydrogens (primary N) is 1. The third-order valence-electron chi connectivity index (χ3n) is 3.35. The molecule has 0 spiro atoms. The molecule has 0 fully saturated rings. The lowest BCUT2D eigenvalue weighted by atomic mass is 10.1. The van der Waals surface area contributed by atoms with E-state index in [4.69, 9.17) is 22.1 Å². The van der Waals surface area contributed by atoms with E-state index >= 15 is 0 Å². The molecule has 2 rings (SSSR count). The molecule has 0 aromatic heterocycles. The van der Waals surface area contributed by atoms with E-state index in [2.05, 4.69) is 0 Å². The van der Waals surface area contributed by atoms with Crippen LogP contribution in [0, 0.1) is 22.9 Å². The Morgan fingerprint density at radius 3 is 2.67 bits per heavy atom. The van der Waals surface area contributed by atoms with E-state index in [1.165, 1.54) is 30.3 Å². The van der Waals surface area contributed by atoms with Gasteiger partial charge in [0.1, 0.15) is 5.75 Å². The summed E-state index contributed by atoms with van der Waals surface area (Å²) in [6.07, 6.45) is 0.114. The van der Waals surface area contributed by atoms with Crippen molar-refractivity contribution in [2.45, 2.75) is 19.8 Å². The van der Waals surface area contributed by atoms with Gasteiger partial charge in [-0.1, -0.05) is 17.7 Å². The van der Waals surface area contributed by atoms with E-state index < -0.39 is 16.6 Å². The van der Waals surface area contributed by atoms with Crippen LogP contribution in [-0.2, 0) is 11.2 Å². The highest BCUT2D eigenvalue weighted by Gasteiger charge is 2.17. The Kier molecular flexibility index (Phi) is 5.35. The number of benzene rings is 2. The van der Waals surface area contributed by atoms with E-state index in [9.17, 15) is 19.3 Å². The number of nitro benzene ring substituents is 1. The number of halogens is 2. The third-order valence-corrected chi connectivity index (χ3v) is 3.65. The Morgan fingerprint density at radius 1 is 1.38 bits per heavy atom. The number of aryl methyl sites for hydroxylation is 2. The molecule has 126 valence electrons. The topological polar surface area (TPSA) is 95.5 Å². The van der Waals surface area contributed by atoms with Gasteiger partial charge in [0.25, 0.3) is 5.69 Å². The van der Waals surface area contributed by atoms with Crippen LogP contribution in [-0.4, -0.2) is 10.8 Å². The lowest BCUT2D eigenvalue weighted by molar-refractivity contribution is -0.385. The van der Waals surface area contributed by atoms with Gasteiger partial charge >= 0.3 is 0 Å². The van der Waals surface area contributed by atoms with Crippen LogP contribution in [0.3, 0.4) is 0 Å². The first-order valence-electron chi connectivity index (χ1n) is 6.97. The predicted molar refractivity (Wildman–Crippen MR) is 86.8 cm³/mol. The monoisotopic (exact) mass is 352 g/mol. The highest BCUT2D eigenvalue weighted by molar-refractivity contribution is 6.32. The molecule has 0 atom stereocenters. The summed E-state index contributed by atoms with van der Waals surface area (Å²) in [5, 5.41) is 10.9. The number of carbonyl (C=O) groups excluding carboxylic acids is 1. The molecule has 0 aliphatic carbocycles. The minimum absolute atomic E-state index is 0.00533. The summed E-state index contributed by atoms with van der Waals surface area (Å²) in [6.45, 7) is 1.55. The number of primary amides is 1. The molecule has 2 aromatic rings. The molecule has 0 unspecified atom stereocenters. The second-order valence-corrected chi connectivity index (χ2v) is 5.53. The summed E-state index contributed by atoms with van der Waals surface area (Å²) in [6, 6.07) is 6.96. The maximum atomic E-state index is 14.5. The van der Waals surface area contributed by atoms with Gasteiger partial charge in [0.15, 0.2) is 11.6 Å². The summed E-state index contributed by atoms with van der Waals surface area (Å²) < 4.78 is 20.0. The van der Waals surface area contributed by atoms with Gasteiger partial charge < -0.3 is 10.5 Å². The minimum Gasteiger partial charge on any atom is -0.453 e. The molecule has 0 saturated carbocycles. The number of nitrogens with zero attached hydrogens (tertiary/aromatic N) is 1. The number of hydrogen-bond acceptors (Lipinski definition) is 4. The van der Waals surface area contributed by atoms with Crippen molar-refractivity contribution >= 4 is 23.2 Å². The summed E-state index contributed by atoms with van der Waals surface area (Å²) in [7, 11) is 0. The quantitative estimate of drug-likeness (QED) is 0.629. The van der Waals surface area contributed by atoms with Crippen molar-refractivity contribution < 1.29 is 18.8 Å². The van der Waals surface area contributed by atoms with E-state index in [0.717, 1.165) is 0 Å². The molecule has 0 heterocycles. The van der Waals surface area contributed by atoms with Gasteiger partial charge in [0, 0.05) is 18.1 Å². The van der Waals surface area contributed by atoms with Gasteiger partial charge in [-0.15, -0.1) is 0 Å². The number of rotatable bonds is 6. The number of hydrogen-bond donors (Lipinski definition) is 1. The summed E-state index contributed by atoms with van der Waals surface area (Å²) in [5.74, 6) is -1.23. The Bertz CT molecular complexity index is 811. The molecule has 0 aliphatic rings. The summed E-state index contributed by atoms with van der Waals surface area (Å²) in [5.41, 5.74) is 5.61. The predicted octanol–water partition coefficient (Wildman–Crippen LogP) is 3.91. The minimum atomic E-state index is -0.695. The van der Waals surface area contributed by atoms with Gasteiger partial charge in [-0.05, 0) is 37.1 Å². The average molecular weight is 353 g/mol. The van der Waals surface area contributed by atoms with Gasteiger partial charge in [0.05, 0.1) is 9.95 Å². The smallest absolute Gasteiger partial charge is 0.272 e. The first kappa shape index (κ1) is 17.7. The van der Waals surface area contributed by atoms with Crippen molar-refractivity contribution in [2.24, 2.45) is 5.73 Å². The SMILES string of the molecule is Cc1cc(Oc2c(Cl)ccc(CCC(N)=O)c2F)ccc1[N+](=O)[O-]. The van der Waals surface area contributed by atoms with Crippen molar-refractivity contribution in [2.75, 3.05) is 0 Å². The second kappa shape index (κ2) is 7.27. The lowest BCUT2D eigenvalue weighted by Gasteiger charge is -2.12. The largest absolute Gasteiger partial charge is 0.453 e. The average Bonchev–Trinajstić information content (AvgIpc) is 2.50. The molecule has 6 nitrogen and oxygen atoms in total. The molecule has 8 heteroatoms. The molecule has 0 bridgehead atoms. The maximum absolute atomic E-state index is 14.5. The van der Waals surface area contributed by atoms with Crippen LogP contribution < -0.4 is 10.5 Å². The molecular weight excluding hydrogens is 339 g/mol. The normalized spacial score (nSPS) is 10.5. The first-order valence-corrected chi connectivity index (χ1v) is 7.35. The van der Waals surface area contributed by atoms with Gasteiger partial charge in [-0.2, -0.15) is 0 Å². The highest BCUT2D eigenvalue weighted by Crippen LogP contribution is 2.35. The van der Waals surface area contributed by atoms with Crippen molar-refractivity contribution in [1.29, 1.82) is 0 Å². The van der Waals surface area contributed by atoms with E-state index in [-0.39, 0.29) is 40.6 Å². The third kappa shape index (κ3) is 3.99. The van der Waals surface area contributed by atoms with E-state index in [0.29, 0.717) is 5.56 Å². The van der Waals surface area contributed by atoms with Crippen LogP contribution >= 0.6 is 11.6 Å². The highest BCUT2D eigenvalue weighted by atomic mass is 35.5. The Balaban J connectivity index is 2.32. The number of nitro groups is 1. The van der Waals surface area contributed by atoms with E-state index in [1.54, 1.807) is 6.92 Å². The van der Waals surface area contributed by atoms with Crippen LogP contribution in [0.2, 0.25) is 5.02 Å². The fraction of sp³-hybridized carbons (Fsp3) is 0.188. The molecule has 0 saturated heterocycles. The summed E-state index contributed by atoms with van der Waals surface area (Å²) >= 11 is 5.97. The van der Waals surface area contributed by atoms with Crippen molar-refractivity contribution in [1.82, 2.24) is 0 Å². The molecular formula is C16H14ClFN2O4. The maximum Gasteiger partial charge on any atom is 0.272 e. The Hall–Kier alpha value is -2.67. The van der Waals surface area contributed by atoms with Crippen molar-refractivity contribution in [3.8, 4) is 11.5 Å².